The number of aryl methyl sites for hydroxylation is 2. The summed E-state index contributed by atoms with van der Waals surface area (Å²) in [6, 6.07) is 12.8. The number of benzene rings is 2. The minimum absolute atomic E-state index is 0.214. The van der Waals surface area contributed by atoms with Gasteiger partial charge in [0.05, 0.1) is 11.0 Å². The van der Waals surface area contributed by atoms with Crippen molar-refractivity contribution in [1.29, 1.82) is 0 Å². The molecule has 146 valence electrons. The van der Waals surface area contributed by atoms with Crippen molar-refractivity contribution in [2.45, 2.75) is 33.2 Å². The van der Waals surface area contributed by atoms with Gasteiger partial charge in [0.2, 0.25) is 5.91 Å². The van der Waals surface area contributed by atoms with Crippen LogP contribution in [0.25, 0.3) is 17.1 Å². The molecule has 28 heavy (non-hydrogen) atoms. The number of nitrogens with one attached hydrogen (secondary N) is 1. The van der Waals surface area contributed by atoms with E-state index < -0.39 is 6.55 Å². The molecule has 0 saturated carbocycles. The molecule has 1 heterocycles. The summed E-state index contributed by atoms with van der Waals surface area (Å²) < 4.78 is 28.0. The summed E-state index contributed by atoms with van der Waals surface area (Å²) in [5.41, 5.74) is 4.12. The second-order valence-corrected chi connectivity index (χ2v) is 6.95. The average Bonchev–Trinajstić information content (AvgIpc) is 3.05. The minimum atomic E-state index is -2.69. The first-order valence-corrected chi connectivity index (χ1v) is 9.15. The molecule has 1 N–H and O–H groups in total. The molecule has 0 fully saturated rings. The van der Waals surface area contributed by atoms with Crippen LogP contribution < -0.4 is 5.32 Å². The number of para-hydroxylation sites is 2. The zero-order chi connectivity index (χ0) is 20.3. The molecule has 4 nitrogen and oxygen atoms in total. The van der Waals surface area contributed by atoms with E-state index >= 15 is 0 Å². The van der Waals surface area contributed by atoms with Gasteiger partial charge in [0, 0.05) is 18.5 Å². The van der Waals surface area contributed by atoms with Gasteiger partial charge in [-0.15, -0.1) is 0 Å². The van der Waals surface area contributed by atoms with Gasteiger partial charge in [0.1, 0.15) is 5.82 Å². The lowest BCUT2D eigenvalue weighted by atomic mass is 10.1. The van der Waals surface area contributed by atoms with E-state index in [4.69, 9.17) is 0 Å². The molecule has 0 unspecified atom stereocenters. The van der Waals surface area contributed by atoms with E-state index in [1.165, 1.54) is 6.08 Å². The molecule has 1 aromatic heterocycles. The number of hydrogen-bond acceptors (Lipinski definition) is 2. The SMILES string of the molecule is Cc1ccc(/C=C/C(=O)NC[C@@H](C)c2nc3ccccc3n2C(F)F)c(C)c1. The molecule has 0 aliphatic heterocycles. The molecule has 1 atom stereocenters. The van der Waals surface area contributed by atoms with Crippen molar-refractivity contribution in [3.63, 3.8) is 0 Å². The normalized spacial score (nSPS) is 12.8. The van der Waals surface area contributed by atoms with Gasteiger partial charge in [-0.1, -0.05) is 42.8 Å². The second-order valence-electron chi connectivity index (χ2n) is 6.95. The standard InChI is InChI=1S/C22H23F2N3O/c1-14-8-9-17(15(2)12-14)10-11-20(28)25-13-16(3)21-26-18-6-4-5-7-19(18)27(21)22(23)24/h4-12,16,22H,13H2,1-3H3,(H,25,28)/b11-10+/t16-/m1/s1. The lowest BCUT2D eigenvalue weighted by Crippen LogP contribution is -2.27. The van der Waals surface area contributed by atoms with Crippen molar-refractivity contribution in [3.05, 3.63) is 71.1 Å². The van der Waals surface area contributed by atoms with Gasteiger partial charge in [-0.25, -0.2) is 4.98 Å². The Kier molecular flexibility index (Phi) is 5.87. The summed E-state index contributed by atoms with van der Waals surface area (Å²) >= 11 is 0. The van der Waals surface area contributed by atoms with Crippen LogP contribution in [0.4, 0.5) is 8.78 Å². The van der Waals surface area contributed by atoms with Crippen LogP contribution in [0.3, 0.4) is 0 Å². The fraction of sp³-hybridized carbons (Fsp3) is 0.273. The molecule has 0 radical (unpaired) electrons. The Balaban J connectivity index is 1.69. The summed E-state index contributed by atoms with van der Waals surface area (Å²) in [5, 5.41) is 2.77. The summed E-state index contributed by atoms with van der Waals surface area (Å²) in [6.45, 7) is 3.30. The summed E-state index contributed by atoms with van der Waals surface area (Å²) in [4.78, 5) is 16.5. The number of halogens is 2. The number of imidazole rings is 1. The van der Waals surface area contributed by atoms with Crippen LogP contribution in [0.15, 0.2) is 48.5 Å². The number of hydrogen-bond donors (Lipinski definition) is 1. The Bertz CT molecular complexity index is 1020. The molecule has 0 bridgehead atoms. The minimum Gasteiger partial charge on any atom is -0.352 e. The maximum atomic E-state index is 13.5. The fourth-order valence-corrected chi connectivity index (χ4v) is 3.20. The van der Waals surface area contributed by atoms with Crippen molar-refractivity contribution >= 4 is 23.0 Å². The summed E-state index contributed by atoms with van der Waals surface area (Å²) in [5.74, 6) is -0.374. The molecular formula is C22H23F2N3O. The quantitative estimate of drug-likeness (QED) is 0.610. The first-order valence-electron chi connectivity index (χ1n) is 9.15. The third-order valence-corrected chi connectivity index (χ3v) is 4.68. The predicted molar refractivity (Wildman–Crippen MR) is 107 cm³/mol. The van der Waals surface area contributed by atoms with E-state index in [2.05, 4.69) is 16.4 Å². The van der Waals surface area contributed by atoms with Crippen LogP contribution in [0.2, 0.25) is 0 Å². The molecule has 2 aromatic carbocycles. The molecule has 0 saturated heterocycles. The highest BCUT2D eigenvalue weighted by molar-refractivity contribution is 5.91. The van der Waals surface area contributed by atoms with E-state index in [1.807, 2.05) is 26.0 Å². The van der Waals surface area contributed by atoms with Crippen LogP contribution in [0.1, 0.15) is 41.9 Å². The van der Waals surface area contributed by atoms with Crippen LogP contribution in [0, 0.1) is 13.8 Å². The maximum Gasteiger partial charge on any atom is 0.320 e. The fourth-order valence-electron chi connectivity index (χ4n) is 3.20. The number of carbonyl (C=O) groups is 1. The lowest BCUT2D eigenvalue weighted by Gasteiger charge is -2.14. The molecule has 6 heteroatoms. The Morgan fingerprint density at radius 2 is 1.96 bits per heavy atom. The van der Waals surface area contributed by atoms with E-state index in [0.717, 1.165) is 21.3 Å². The predicted octanol–water partition coefficient (Wildman–Crippen LogP) is 4.98. The molecule has 0 aliphatic rings. The Hall–Kier alpha value is -3.02. The van der Waals surface area contributed by atoms with Crippen molar-refractivity contribution in [1.82, 2.24) is 14.9 Å². The smallest absolute Gasteiger partial charge is 0.320 e. The van der Waals surface area contributed by atoms with Gasteiger partial charge in [-0.05, 0) is 43.2 Å². The highest BCUT2D eigenvalue weighted by Crippen LogP contribution is 2.27. The number of carbonyl (C=O) groups excluding carboxylic acids is 1. The molecule has 0 spiro atoms. The van der Waals surface area contributed by atoms with Gasteiger partial charge in [-0.2, -0.15) is 8.78 Å². The van der Waals surface area contributed by atoms with Crippen molar-refractivity contribution in [2.75, 3.05) is 6.54 Å². The monoisotopic (exact) mass is 383 g/mol. The molecular weight excluding hydrogens is 360 g/mol. The maximum absolute atomic E-state index is 13.5. The Morgan fingerprint density at radius 1 is 1.21 bits per heavy atom. The molecule has 1 amide bonds. The first kappa shape index (κ1) is 19.7. The second kappa shape index (κ2) is 8.33. The first-order chi connectivity index (χ1) is 13.4. The van der Waals surface area contributed by atoms with Crippen LogP contribution in [0.5, 0.6) is 0 Å². The van der Waals surface area contributed by atoms with E-state index in [-0.39, 0.29) is 24.2 Å². The number of aromatic nitrogens is 2. The number of amides is 1. The van der Waals surface area contributed by atoms with Gasteiger partial charge >= 0.3 is 6.55 Å². The summed E-state index contributed by atoms with van der Waals surface area (Å²) in [6.07, 6.45) is 3.21. The van der Waals surface area contributed by atoms with E-state index in [1.54, 1.807) is 37.3 Å². The number of nitrogens with zero attached hydrogens (tertiary/aromatic N) is 2. The molecule has 3 rings (SSSR count). The molecule has 3 aromatic rings. The van der Waals surface area contributed by atoms with Gasteiger partial charge < -0.3 is 5.32 Å². The largest absolute Gasteiger partial charge is 0.352 e. The van der Waals surface area contributed by atoms with Gasteiger partial charge in [-0.3, -0.25) is 9.36 Å². The summed E-state index contributed by atoms with van der Waals surface area (Å²) in [7, 11) is 0. The van der Waals surface area contributed by atoms with Crippen molar-refractivity contribution in [2.24, 2.45) is 0 Å². The third-order valence-electron chi connectivity index (χ3n) is 4.68. The van der Waals surface area contributed by atoms with Crippen LogP contribution in [-0.2, 0) is 4.79 Å². The van der Waals surface area contributed by atoms with Gasteiger partial charge in [0.25, 0.3) is 0 Å². The lowest BCUT2D eigenvalue weighted by molar-refractivity contribution is -0.116. The van der Waals surface area contributed by atoms with Crippen LogP contribution in [-0.4, -0.2) is 22.0 Å². The average molecular weight is 383 g/mol. The highest BCUT2D eigenvalue weighted by Gasteiger charge is 2.21. The van der Waals surface area contributed by atoms with E-state index in [9.17, 15) is 13.6 Å². The highest BCUT2D eigenvalue weighted by atomic mass is 19.3. The zero-order valence-electron chi connectivity index (χ0n) is 16.1. The van der Waals surface area contributed by atoms with Crippen LogP contribution >= 0.6 is 0 Å². The Morgan fingerprint density at radius 3 is 2.68 bits per heavy atom. The van der Waals surface area contributed by atoms with E-state index in [0.29, 0.717) is 11.0 Å². The number of fused-ring (bicyclic) bond motifs is 1. The topological polar surface area (TPSA) is 46.9 Å². The number of alkyl halides is 2. The number of rotatable bonds is 6. The Labute approximate surface area is 162 Å². The van der Waals surface area contributed by atoms with Crippen molar-refractivity contribution in [3.8, 4) is 0 Å². The van der Waals surface area contributed by atoms with Gasteiger partial charge in [0.15, 0.2) is 0 Å². The van der Waals surface area contributed by atoms with Crippen molar-refractivity contribution < 1.29 is 13.6 Å². The third kappa shape index (κ3) is 4.27. The molecule has 0 aliphatic carbocycles. The zero-order valence-corrected chi connectivity index (χ0v) is 16.1.